The Morgan fingerprint density at radius 2 is 1.84 bits per heavy atom. The smallest absolute Gasteiger partial charge is 0.323 e. The molecule has 51 heavy (non-hydrogen) atoms. The van der Waals surface area contributed by atoms with Crippen LogP contribution in [-0.4, -0.2) is 97.5 Å². The van der Waals surface area contributed by atoms with Crippen LogP contribution in [0.15, 0.2) is 54.7 Å². The zero-order valence-electron chi connectivity index (χ0n) is 29.0. The number of rotatable bonds is 9. The number of fused-ring (bicyclic) bond motifs is 4. The van der Waals surface area contributed by atoms with E-state index in [4.69, 9.17) is 9.94 Å². The van der Waals surface area contributed by atoms with E-state index in [-0.39, 0.29) is 35.2 Å². The average Bonchev–Trinajstić information content (AvgIpc) is 3.75. The summed E-state index contributed by atoms with van der Waals surface area (Å²) in [5.41, 5.74) is 6.45. The number of para-hydroxylation sites is 1. The summed E-state index contributed by atoms with van der Waals surface area (Å²) < 4.78 is 4.85. The lowest BCUT2D eigenvalue weighted by molar-refractivity contribution is -0.898. The largest absolute Gasteiger partial charge is 0.366 e. The van der Waals surface area contributed by atoms with E-state index in [1.54, 1.807) is 36.8 Å². The molecule has 2 aliphatic heterocycles. The summed E-state index contributed by atoms with van der Waals surface area (Å²) in [6.07, 6.45) is 3.66. The molecule has 1 aromatic carbocycles. The SMILES string of the molecule is CO[n+]1c(C(=O)N(C)C)cccc1C(O)(O)N1CC(n2ncc3c2CN(C)c2c(Nc4cc(NC(=O)C5CC5)nc5cc(C)nn45)cccc2-3)C1. The van der Waals surface area contributed by atoms with Crippen molar-refractivity contribution in [3.05, 3.63) is 77.5 Å². The molecule has 3 aliphatic rings. The molecule has 0 atom stereocenters. The maximum absolute atomic E-state index is 12.8. The van der Waals surface area contributed by atoms with Crippen molar-refractivity contribution in [2.24, 2.45) is 5.92 Å². The van der Waals surface area contributed by atoms with E-state index < -0.39 is 5.91 Å². The summed E-state index contributed by atoms with van der Waals surface area (Å²) >= 11 is 0. The van der Waals surface area contributed by atoms with Crippen LogP contribution < -0.4 is 25.1 Å². The van der Waals surface area contributed by atoms with Gasteiger partial charge in [-0.2, -0.15) is 14.7 Å². The molecule has 2 fully saturated rings. The molecule has 2 amide bonds. The molecule has 264 valence electrons. The van der Waals surface area contributed by atoms with E-state index in [1.807, 2.05) is 43.0 Å². The number of hydrogen-bond donors (Lipinski definition) is 4. The highest BCUT2D eigenvalue weighted by Gasteiger charge is 2.51. The topological polar surface area (TPSA) is 169 Å². The van der Waals surface area contributed by atoms with Crippen LogP contribution in [0, 0.1) is 12.8 Å². The Balaban J connectivity index is 1.06. The molecule has 1 aliphatic carbocycles. The van der Waals surface area contributed by atoms with E-state index in [1.165, 1.54) is 23.0 Å². The molecule has 6 heterocycles. The van der Waals surface area contributed by atoms with Crippen LogP contribution in [0.2, 0.25) is 0 Å². The van der Waals surface area contributed by atoms with Crippen LogP contribution in [-0.2, 0) is 17.3 Å². The molecule has 16 heteroatoms. The molecule has 4 N–H and O–H groups in total. The quantitative estimate of drug-likeness (QED) is 0.131. The van der Waals surface area contributed by atoms with Gasteiger partial charge >= 0.3 is 23.2 Å². The van der Waals surface area contributed by atoms with Crippen LogP contribution in [0.3, 0.4) is 0 Å². The Kier molecular flexibility index (Phi) is 7.70. The first kappa shape index (κ1) is 32.6. The van der Waals surface area contributed by atoms with Gasteiger partial charge in [0.15, 0.2) is 5.65 Å². The van der Waals surface area contributed by atoms with Crippen molar-refractivity contribution in [2.75, 3.05) is 56.9 Å². The maximum atomic E-state index is 12.8. The van der Waals surface area contributed by atoms with Gasteiger partial charge in [0.25, 0.3) is 0 Å². The molecule has 5 aromatic rings. The van der Waals surface area contributed by atoms with Gasteiger partial charge < -0.3 is 30.6 Å². The number of aryl methyl sites for hydroxylation is 1. The lowest BCUT2D eigenvalue weighted by atomic mass is 9.97. The van der Waals surface area contributed by atoms with Gasteiger partial charge in [-0.15, -0.1) is 0 Å². The van der Waals surface area contributed by atoms with Crippen molar-refractivity contribution in [3.63, 3.8) is 0 Å². The van der Waals surface area contributed by atoms with Crippen LogP contribution in [0.25, 0.3) is 16.8 Å². The second kappa shape index (κ2) is 12.0. The van der Waals surface area contributed by atoms with Gasteiger partial charge in [0.05, 0.1) is 41.5 Å². The predicted molar refractivity (Wildman–Crippen MR) is 186 cm³/mol. The second-order valence-corrected chi connectivity index (χ2v) is 13.6. The van der Waals surface area contributed by atoms with Gasteiger partial charge in [0.1, 0.15) is 18.7 Å². The number of aliphatic hydroxyl groups is 2. The van der Waals surface area contributed by atoms with E-state index in [0.717, 1.165) is 51.5 Å². The molecule has 1 saturated heterocycles. The minimum atomic E-state index is -2.40. The van der Waals surface area contributed by atoms with E-state index in [9.17, 15) is 19.8 Å². The van der Waals surface area contributed by atoms with Gasteiger partial charge in [0, 0.05) is 80.3 Å². The summed E-state index contributed by atoms with van der Waals surface area (Å²) in [6.45, 7) is 3.07. The van der Waals surface area contributed by atoms with Crippen LogP contribution in [0.1, 0.15) is 46.5 Å². The van der Waals surface area contributed by atoms with Gasteiger partial charge in [-0.25, -0.2) is 9.88 Å². The number of carbonyl (C=O) groups is 2. The van der Waals surface area contributed by atoms with E-state index in [2.05, 4.69) is 31.7 Å². The number of nitrogens with one attached hydrogen (secondary N) is 2. The molecule has 0 bridgehead atoms. The normalized spacial score (nSPS) is 16.0. The van der Waals surface area contributed by atoms with Crippen molar-refractivity contribution in [1.82, 2.24) is 34.2 Å². The average molecular weight is 695 g/mol. The highest BCUT2D eigenvalue weighted by atomic mass is 16.7. The molecular formula is C35H40N11O5+. The fraction of sp³-hybridized carbons (Fsp3) is 0.371. The summed E-state index contributed by atoms with van der Waals surface area (Å²) in [4.78, 5) is 40.5. The van der Waals surface area contributed by atoms with Gasteiger partial charge in [-0.05, 0) is 31.9 Å². The molecule has 8 rings (SSSR count). The molecule has 0 unspecified atom stereocenters. The minimum absolute atomic E-state index is 0.0153. The Morgan fingerprint density at radius 3 is 2.57 bits per heavy atom. The number of nitrogens with zero attached hydrogens (tertiary/aromatic N) is 9. The number of pyridine rings is 1. The molecule has 16 nitrogen and oxygen atoms in total. The monoisotopic (exact) mass is 694 g/mol. The third kappa shape index (κ3) is 5.51. The van der Waals surface area contributed by atoms with Crippen LogP contribution in [0.5, 0.6) is 0 Å². The van der Waals surface area contributed by atoms with Crippen LogP contribution >= 0.6 is 0 Å². The van der Waals surface area contributed by atoms with Gasteiger partial charge in [0.2, 0.25) is 5.91 Å². The minimum Gasteiger partial charge on any atom is -0.366 e. The summed E-state index contributed by atoms with van der Waals surface area (Å²) in [5.74, 6) is -1.57. The fourth-order valence-corrected chi connectivity index (χ4v) is 6.97. The first-order valence-electron chi connectivity index (χ1n) is 16.8. The first-order chi connectivity index (χ1) is 24.4. The van der Waals surface area contributed by atoms with E-state index in [0.29, 0.717) is 36.9 Å². The summed E-state index contributed by atoms with van der Waals surface area (Å²) in [7, 11) is 6.63. The summed E-state index contributed by atoms with van der Waals surface area (Å²) in [6, 6.07) is 14.3. The zero-order valence-corrected chi connectivity index (χ0v) is 29.0. The molecular weight excluding hydrogens is 654 g/mol. The summed E-state index contributed by atoms with van der Waals surface area (Å²) in [5, 5.41) is 38.7. The van der Waals surface area contributed by atoms with Crippen molar-refractivity contribution in [1.29, 1.82) is 0 Å². The van der Waals surface area contributed by atoms with E-state index >= 15 is 0 Å². The number of hydrogen-bond acceptors (Lipinski definition) is 11. The standard InChI is InChI=1S/C35H39N11O5/c1-20-14-30-38-29(39-33(47)21-12-13-21)15-31(45(30)40-20)37-25-9-6-8-23-24-16-36-44(27(24)19-42(4)32(23)25)22-17-43(18-22)35(49,50)28-11-7-10-26(46(28)51-5)34(48)41(2)3/h6-11,14-16,21-22,49-50H,12-13,17-19H2,1-5H3,(H-,37,38,39,40,47)/p+1. The lowest BCUT2D eigenvalue weighted by Crippen LogP contribution is -2.64. The van der Waals surface area contributed by atoms with Crippen molar-refractivity contribution < 1.29 is 29.4 Å². The maximum Gasteiger partial charge on any atom is 0.323 e. The fourth-order valence-electron chi connectivity index (χ4n) is 6.97. The Hall–Kier alpha value is -5.58. The Morgan fingerprint density at radius 1 is 1.08 bits per heavy atom. The molecule has 0 radical (unpaired) electrons. The molecule has 0 spiro atoms. The van der Waals surface area contributed by atoms with Crippen LogP contribution in [0.4, 0.5) is 23.0 Å². The highest BCUT2D eigenvalue weighted by molar-refractivity contribution is 5.95. The van der Waals surface area contributed by atoms with Crippen molar-refractivity contribution >= 4 is 40.5 Å². The number of carbonyl (C=O) groups excluding carboxylic acids is 2. The van der Waals surface area contributed by atoms with Gasteiger partial charge in [-0.3, -0.25) is 19.1 Å². The van der Waals surface area contributed by atoms with Crippen molar-refractivity contribution in [2.45, 2.75) is 38.3 Å². The number of anilines is 4. The molecule has 4 aromatic heterocycles. The number of benzene rings is 1. The molecule has 1 saturated carbocycles. The third-order valence-electron chi connectivity index (χ3n) is 9.75. The lowest BCUT2D eigenvalue weighted by Gasteiger charge is -2.45. The second-order valence-electron chi connectivity index (χ2n) is 13.6. The highest BCUT2D eigenvalue weighted by Crippen LogP contribution is 2.45. The number of likely N-dealkylation sites (tertiary alicyclic amines) is 1. The van der Waals surface area contributed by atoms with Gasteiger partial charge in [-0.1, -0.05) is 12.1 Å². The third-order valence-corrected chi connectivity index (χ3v) is 9.75. The Bertz CT molecular complexity index is 2200. The Labute approximate surface area is 293 Å². The predicted octanol–water partition coefficient (Wildman–Crippen LogP) is 1.64. The number of amides is 2. The zero-order chi connectivity index (χ0) is 35.8. The van der Waals surface area contributed by atoms with Crippen molar-refractivity contribution in [3.8, 4) is 11.1 Å². The number of aromatic nitrogens is 6. The first-order valence-corrected chi connectivity index (χ1v) is 16.8.